The van der Waals surface area contributed by atoms with E-state index in [1.807, 2.05) is 0 Å². The lowest BCUT2D eigenvalue weighted by atomic mass is 9.84. The van der Waals surface area contributed by atoms with Crippen molar-refractivity contribution in [3.05, 3.63) is 72.7 Å². The number of methoxy groups -OCH3 is 1. The third kappa shape index (κ3) is 2.96. The zero-order valence-electron chi connectivity index (χ0n) is 13.2. The lowest BCUT2D eigenvalue weighted by molar-refractivity contribution is -0.431. The van der Waals surface area contributed by atoms with E-state index in [9.17, 15) is 25.0 Å². The molecule has 0 spiro atoms. The van der Waals surface area contributed by atoms with Crippen molar-refractivity contribution in [2.24, 2.45) is 0 Å². The predicted molar refractivity (Wildman–Crippen MR) is 83.4 cm³/mol. The summed E-state index contributed by atoms with van der Waals surface area (Å²) in [5, 5.41) is 25.3. The van der Waals surface area contributed by atoms with E-state index in [2.05, 4.69) is 5.32 Å². The summed E-state index contributed by atoms with van der Waals surface area (Å²) in [7, 11) is 1.17. The number of nitrogens with one attached hydrogen (secondary N) is 1. The number of nitro groups is 2. The van der Waals surface area contributed by atoms with Gasteiger partial charge in [0.15, 0.2) is 0 Å². The van der Waals surface area contributed by atoms with E-state index in [0.29, 0.717) is 5.70 Å². The van der Waals surface area contributed by atoms with Gasteiger partial charge in [-0.05, 0) is 19.4 Å². The first-order valence-corrected chi connectivity index (χ1v) is 6.93. The van der Waals surface area contributed by atoms with Gasteiger partial charge in [-0.1, -0.05) is 12.1 Å². The molecule has 2 rings (SSSR count). The summed E-state index contributed by atoms with van der Waals surface area (Å²) in [5.41, 5.74) is 0.532. The van der Waals surface area contributed by atoms with Gasteiger partial charge in [0.25, 0.3) is 11.4 Å². The topological polar surface area (TPSA) is 125 Å². The van der Waals surface area contributed by atoms with E-state index in [-0.39, 0.29) is 28.2 Å². The molecule has 1 aromatic rings. The summed E-state index contributed by atoms with van der Waals surface area (Å²) < 4.78 is 4.74. The van der Waals surface area contributed by atoms with E-state index in [0.717, 1.165) is 0 Å². The lowest BCUT2D eigenvalue weighted by Gasteiger charge is -2.26. The van der Waals surface area contributed by atoms with Crippen molar-refractivity contribution in [3.63, 3.8) is 0 Å². The largest absolute Gasteiger partial charge is 0.466 e. The first-order valence-electron chi connectivity index (χ1n) is 6.93. The Labute approximate surface area is 136 Å². The molecule has 9 nitrogen and oxygen atoms in total. The molecule has 0 fully saturated rings. The van der Waals surface area contributed by atoms with Gasteiger partial charge >= 0.3 is 5.97 Å². The van der Waals surface area contributed by atoms with Gasteiger partial charge < -0.3 is 10.1 Å². The molecule has 0 bridgehead atoms. The highest BCUT2D eigenvalue weighted by molar-refractivity contribution is 5.92. The second kappa shape index (κ2) is 6.49. The molecule has 1 aliphatic rings. The zero-order chi connectivity index (χ0) is 18.0. The van der Waals surface area contributed by atoms with E-state index in [1.54, 1.807) is 6.92 Å². The van der Waals surface area contributed by atoms with Gasteiger partial charge in [-0.25, -0.2) is 4.79 Å². The maximum Gasteiger partial charge on any atom is 0.336 e. The van der Waals surface area contributed by atoms with Gasteiger partial charge in [0, 0.05) is 17.8 Å². The fourth-order valence-electron chi connectivity index (χ4n) is 2.75. The molecule has 9 heteroatoms. The second-order valence-electron chi connectivity index (χ2n) is 5.21. The number of hydrogen-bond acceptors (Lipinski definition) is 7. The average Bonchev–Trinajstić information content (AvgIpc) is 2.53. The van der Waals surface area contributed by atoms with Crippen LogP contribution in [-0.2, 0) is 9.53 Å². The summed E-state index contributed by atoms with van der Waals surface area (Å²) in [5.74, 6) is -1.79. The zero-order valence-corrected chi connectivity index (χ0v) is 13.2. The van der Waals surface area contributed by atoms with Gasteiger partial charge in [0.2, 0.25) is 0 Å². The summed E-state index contributed by atoms with van der Waals surface area (Å²) in [4.78, 5) is 33.5. The summed E-state index contributed by atoms with van der Waals surface area (Å²) in [6.45, 7) is 3.11. The number of esters is 1. The Morgan fingerprint density at radius 1 is 1.17 bits per heavy atom. The van der Waals surface area contributed by atoms with Crippen LogP contribution in [0.25, 0.3) is 0 Å². The average molecular weight is 333 g/mol. The van der Waals surface area contributed by atoms with E-state index in [4.69, 9.17) is 4.74 Å². The molecule has 24 heavy (non-hydrogen) atoms. The molecule has 0 aromatic heterocycles. The van der Waals surface area contributed by atoms with Crippen LogP contribution in [0.2, 0.25) is 0 Å². The van der Waals surface area contributed by atoms with Crippen molar-refractivity contribution < 1.29 is 19.4 Å². The summed E-state index contributed by atoms with van der Waals surface area (Å²) in [6.07, 6.45) is 0. The number of ether oxygens (including phenoxy) is 1. The van der Waals surface area contributed by atoms with Gasteiger partial charge in [0.1, 0.15) is 5.92 Å². The molecule has 1 aromatic carbocycles. The standard InChI is InChI=1S/C15H15N3O6/c1-8-12(15(19)24-3)13(14(18(22)23)9(2)16-8)10-5-4-6-11(7-10)17(20)21/h4-7,13,16H,1-3H3. The molecular weight excluding hydrogens is 318 g/mol. The molecule has 0 saturated carbocycles. The SMILES string of the molecule is COC(=O)C1=C(C)NC(C)=C([N+](=O)[O-])C1c1cccc([N+](=O)[O-])c1. The number of carbonyl (C=O) groups is 1. The monoisotopic (exact) mass is 333 g/mol. The number of allylic oxidation sites excluding steroid dienone is 3. The van der Waals surface area contributed by atoms with Crippen LogP contribution < -0.4 is 5.32 Å². The van der Waals surface area contributed by atoms with Crippen LogP contribution in [0.3, 0.4) is 0 Å². The molecule has 1 atom stereocenters. The number of hydrogen-bond donors (Lipinski definition) is 1. The first kappa shape index (κ1) is 17.1. The van der Waals surface area contributed by atoms with Crippen molar-refractivity contribution in [1.82, 2.24) is 5.32 Å². The molecular formula is C15H15N3O6. The maximum atomic E-state index is 12.2. The minimum absolute atomic E-state index is 0.0512. The molecule has 126 valence electrons. The molecule has 0 amide bonds. The molecule has 1 unspecified atom stereocenters. The lowest BCUT2D eigenvalue weighted by Crippen LogP contribution is -2.31. The number of benzene rings is 1. The summed E-state index contributed by atoms with van der Waals surface area (Å²) >= 11 is 0. The van der Waals surface area contributed by atoms with Crippen molar-refractivity contribution in [2.45, 2.75) is 19.8 Å². The summed E-state index contributed by atoms with van der Waals surface area (Å²) in [6, 6.07) is 5.44. The third-order valence-corrected chi connectivity index (χ3v) is 3.74. The minimum Gasteiger partial charge on any atom is -0.466 e. The van der Waals surface area contributed by atoms with Gasteiger partial charge in [-0.2, -0.15) is 0 Å². The van der Waals surface area contributed by atoms with Crippen LogP contribution in [0.4, 0.5) is 5.69 Å². The van der Waals surface area contributed by atoms with Crippen LogP contribution in [-0.4, -0.2) is 22.9 Å². The molecule has 0 radical (unpaired) electrons. The molecule has 1 heterocycles. The Morgan fingerprint density at radius 3 is 2.38 bits per heavy atom. The first-order chi connectivity index (χ1) is 11.3. The second-order valence-corrected chi connectivity index (χ2v) is 5.21. The fourth-order valence-corrected chi connectivity index (χ4v) is 2.75. The molecule has 1 N–H and O–H groups in total. The number of non-ortho nitro benzene ring substituents is 1. The van der Waals surface area contributed by atoms with Crippen molar-refractivity contribution in [1.29, 1.82) is 0 Å². The highest BCUT2D eigenvalue weighted by Crippen LogP contribution is 2.39. The quantitative estimate of drug-likeness (QED) is 0.509. The van der Waals surface area contributed by atoms with Gasteiger partial charge in [-0.3, -0.25) is 20.2 Å². The van der Waals surface area contributed by atoms with E-state index in [1.165, 1.54) is 38.3 Å². The molecule has 0 saturated heterocycles. The number of rotatable bonds is 4. The Bertz CT molecular complexity index is 796. The highest BCUT2D eigenvalue weighted by Gasteiger charge is 2.41. The van der Waals surface area contributed by atoms with Crippen LogP contribution in [0.1, 0.15) is 25.3 Å². The van der Waals surface area contributed by atoms with Crippen LogP contribution in [0.5, 0.6) is 0 Å². The number of nitro benzene ring substituents is 1. The van der Waals surface area contributed by atoms with Crippen LogP contribution in [0.15, 0.2) is 46.9 Å². The van der Waals surface area contributed by atoms with Crippen molar-refractivity contribution in [3.8, 4) is 0 Å². The third-order valence-electron chi connectivity index (χ3n) is 3.74. The Balaban J connectivity index is 2.72. The maximum absolute atomic E-state index is 12.2. The number of carbonyl (C=O) groups excluding carboxylic acids is 1. The van der Waals surface area contributed by atoms with E-state index >= 15 is 0 Å². The van der Waals surface area contributed by atoms with E-state index < -0.39 is 21.7 Å². The normalized spacial score (nSPS) is 17.4. The Hall–Kier alpha value is -3.23. The predicted octanol–water partition coefficient (Wildman–Crippen LogP) is 2.24. The minimum atomic E-state index is -1.06. The Kier molecular flexibility index (Phi) is 4.63. The van der Waals surface area contributed by atoms with Gasteiger partial charge in [0.05, 0.1) is 28.2 Å². The fraction of sp³-hybridized carbons (Fsp3) is 0.267. The van der Waals surface area contributed by atoms with Crippen LogP contribution >= 0.6 is 0 Å². The highest BCUT2D eigenvalue weighted by atomic mass is 16.6. The molecule has 0 aliphatic carbocycles. The Morgan fingerprint density at radius 2 is 1.83 bits per heavy atom. The van der Waals surface area contributed by atoms with Crippen molar-refractivity contribution in [2.75, 3.05) is 7.11 Å². The number of dihydropyridines is 1. The number of nitrogens with zero attached hydrogens (tertiary/aromatic N) is 2. The smallest absolute Gasteiger partial charge is 0.336 e. The van der Waals surface area contributed by atoms with Crippen LogP contribution in [0, 0.1) is 20.2 Å². The molecule has 1 aliphatic heterocycles. The van der Waals surface area contributed by atoms with Gasteiger partial charge in [-0.15, -0.1) is 0 Å². The van der Waals surface area contributed by atoms with Crippen molar-refractivity contribution >= 4 is 11.7 Å².